The van der Waals surface area contributed by atoms with Crippen LogP contribution in [-0.2, 0) is 4.79 Å². The molecule has 1 heterocycles. The molecule has 142 valence electrons. The van der Waals surface area contributed by atoms with E-state index in [1.54, 1.807) is 11.9 Å². The first-order chi connectivity index (χ1) is 13.0. The average Bonchev–Trinajstić information content (AvgIpc) is 3.07. The van der Waals surface area contributed by atoms with Crippen molar-refractivity contribution in [2.75, 3.05) is 7.05 Å². The molecule has 1 saturated carbocycles. The highest BCUT2D eigenvalue weighted by Gasteiger charge is 2.40. The number of para-hydroxylation sites is 1. The predicted molar refractivity (Wildman–Crippen MR) is 106 cm³/mol. The van der Waals surface area contributed by atoms with E-state index in [0.717, 1.165) is 43.6 Å². The third kappa shape index (κ3) is 3.86. The zero-order valence-electron chi connectivity index (χ0n) is 16.1. The average molecular weight is 384 g/mol. The molecular formula is C20H25N5OS. The molecule has 7 heteroatoms. The van der Waals surface area contributed by atoms with Crippen LogP contribution < -0.4 is 0 Å². The number of aromatic nitrogens is 3. The van der Waals surface area contributed by atoms with Crippen LogP contribution in [0.5, 0.6) is 0 Å². The lowest BCUT2D eigenvalue weighted by atomic mass is 9.81. The number of benzene rings is 1. The van der Waals surface area contributed by atoms with Gasteiger partial charge in [0.1, 0.15) is 11.4 Å². The Morgan fingerprint density at radius 3 is 2.56 bits per heavy atom. The molecule has 2 aromatic rings. The fraction of sp³-hybridized carbons (Fsp3) is 0.500. The number of hydrogen-bond donors (Lipinski definition) is 0. The van der Waals surface area contributed by atoms with E-state index in [2.05, 4.69) is 16.3 Å². The number of hydrogen-bond acceptors (Lipinski definition) is 5. The molecule has 1 aliphatic rings. The SMILES string of the molecule is Cc1nnc(S[C@@H](C)C(=O)N(C)C2(C#N)CCCCC2)n1-c1ccccc1. The van der Waals surface area contributed by atoms with Gasteiger partial charge in [0, 0.05) is 12.7 Å². The van der Waals surface area contributed by atoms with E-state index in [4.69, 9.17) is 0 Å². The minimum absolute atomic E-state index is 0.0382. The van der Waals surface area contributed by atoms with Gasteiger partial charge >= 0.3 is 0 Å². The van der Waals surface area contributed by atoms with Gasteiger partial charge in [-0.1, -0.05) is 49.2 Å². The van der Waals surface area contributed by atoms with Gasteiger partial charge in [-0.2, -0.15) is 5.26 Å². The second-order valence-electron chi connectivity index (χ2n) is 7.06. The van der Waals surface area contributed by atoms with Gasteiger partial charge in [-0.3, -0.25) is 9.36 Å². The Labute approximate surface area is 164 Å². The first-order valence-corrected chi connectivity index (χ1v) is 10.2. The summed E-state index contributed by atoms with van der Waals surface area (Å²) in [5.41, 5.74) is 0.295. The second-order valence-corrected chi connectivity index (χ2v) is 8.37. The monoisotopic (exact) mass is 383 g/mol. The Hall–Kier alpha value is -2.33. The number of aryl methyl sites for hydroxylation is 1. The van der Waals surface area contributed by atoms with Crippen LogP contribution in [0.2, 0.25) is 0 Å². The number of carbonyl (C=O) groups is 1. The highest BCUT2D eigenvalue weighted by Crippen LogP contribution is 2.34. The van der Waals surface area contributed by atoms with Gasteiger partial charge in [0.15, 0.2) is 5.16 Å². The van der Waals surface area contributed by atoms with E-state index in [9.17, 15) is 10.1 Å². The lowest BCUT2D eigenvalue weighted by Gasteiger charge is -2.40. The molecular weight excluding hydrogens is 358 g/mol. The lowest BCUT2D eigenvalue weighted by molar-refractivity contribution is -0.133. The smallest absolute Gasteiger partial charge is 0.236 e. The molecule has 6 nitrogen and oxygen atoms in total. The first kappa shape index (κ1) is 19.4. The van der Waals surface area contributed by atoms with E-state index in [1.165, 1.54) is 11.8 Å². The van der Waals surface area contributed by atoms with Crippen molar-refractivity contribution in [1.29, 1.82) is 5.26 Å². The van der Waals surface area contributed by atoms with Crippen molar-refractivity contribution in [2.24, 2.45) is 0 Å². The van der Waals surface area contributed by atoms with Crippen LogP contribution in [0.4, 0.5) is 0 Å². The van der Waals surface area contributed by atoms with Gasteiger partial charge in [-0.15, -0.1) is 10.2 Å². The van der Waals surface area contributed by atoms with Crippen LogP contribution >= 0.6 is 11.8 Å². The summed E-state index contributed by atoms with van der Waals surface area (Å²) in [6.07, 6.45) is 4.63. The molecule has 27 heavy (non-hydrogen) atoms. The van der Waals surface area contributed by atoms with Gasteiger partial charge in [-0.05, 0) is 38.8 Å². The molecule has 0 spiro atoms. The number of thioether (sulfide) groups is 1. The van der Waals surface area contributed by atoms with Crippen molar-refractivity contribution in [1.82, 2.24) is 19.7 Å². The molecule has 0 saturated heterocycles. The summed E-state index contributed by atoms with van der Waals surface area (Å²) in [6.45, 7) is 3.77. The number of carbonyl (C=O) groups excluding carboxylic acids is 1. The minimum atomic E-state index is -0.673. The summed E-state index contributed by atoms with van der Waals surface area (Å²) in [5, 5.41) is 18.5. The fourth-order valence-electron chi connectivity index (χ4n) is 3.64. The largest absolute Gasteiger partial charge is 0.326 e. The Morgan fingerprint density at radius 1 is 1.26 bits per heavy atom. The van der Waals surface area contributed by atoms with Gasteiger partial charge in [-0.25, -0.2) is 0 Å². The molecule has 1 aromatic heterocycles. The van der Waals surface area contributed by atoms with Crippen LogP contribution in [-0.4, -0.2) is 43.4 Å². The maximum absolute atomic E-state index is 13.1. The van der Waals surface area contributed by atoms with Crippen molar-refractivity contribution in [3.63, 3.8) is 0 Å². The van der Waals surface area contributed by atoms with Crippen LogP contribution in [0.1, 0.15) is 44.9 Å². The van der Waals surface area contributed by atoms with Crippen molar-refractivity contribution >= 4 is 17.7 Å². The van der Waals surface area contributed by atoms with Crippen molar-refractivity contribution < 1.29 is 4.79 Å². The van der Waals surface area contributed by atoms with Gasteiger partial charge in [0.2, 0.25) is 5.91 Å². The molecule has 1 fully saturated rings. The third-order valence-electron chi connectivity index (χ3n) is 5.30. The Kier molecular flexibility index (Phi) is 5.85. The summed E-state index contributed by atoms with van der Waals surface area (Å²) in [4.78, 5) is 14.7. The summed E-state index contributed by atoms with van der Waals surface area (Å²) in [6, 6.07) is 12.3. The molecule has 0 unspecified atom stereocenters. The minimum Gasteiger partial charge on any atom is -0.326 e. The van der Waals surface area contributed by atoms with Gasteiger partial charge in [0.05, 0.1) is 11.3 Å². The number of nitrogens with zero attached hydrogens (tertiary/aromatic N) is 5. The first-order valence-electron chi connectivity index (χ1n) is 9.31. The third-order valence-corrected chi connectivity index (χ3v) is 6.33. The van der Waals surface area contributed by atoms with Crippen molar-refractivity contribution in [2.45, 2.75) is 61.9 Å². The molecule has 0 aliphatic heterocycles. The molecule has 3 rings (SSSR count). The fourth-order valence-corrected chi connectivity index (χ4v) is 4.65. The quantitative estimate of drug-likeness (QED) is 0.735. The molecule has 1 amide bonds. The van der Waals surface area contributed by atoms with Crippen LogP contribution in [0.25, 0.3) is 5.69 Å². The lowest BCUT2D eigenvalue weighted by Crippen LogP contribution is -2.52. The van der Waals surface area contributed by atoms with Gasteiger partial charge < -0.3 is 4.90 Å². The molecule has 1 atom stereocenters. The Bertz CT molecular complexity index is 836. The zero-order chi connectivity index (χ0) is 19.4. The summed E-state index contributed by atoms with van der Waals surface area (Å²) in [7, 11) is 1.76. The summed E-state index contributed by atoms with van der Waals surface area (Å²) >= 11 is 1.38. The number of amides is 1. The molecule has 0 bridgehead atoms. The Morgan fingerprint density at radius 2 is 1.93 bits per heavy atom. The molecule has 1 aromatic carbocycles. The normalized spacial score (nSPS) is 17.1. The van der Waals surface area contributed by atoms with Crippen LogP contribution in [0, 0.1) is 18.3 Å². The van der Waals surface area contributed by atoms with E-state index < -0.39 is 5.54 Å². The maximum atomic E-state index is 13.1. The Balaban J connectivity index is 1.79. The van der Waals surface area contributed by atoms with E-state index >= 15 is 0 Å². The molecule has 0 radical (unpaired) electrons. The van der Waals surface area contributed by atoms with Crippen molar-refractivity contribution in [3.8, 4) is 11.8 Å². The highest BCUT2D eigenvalue weighted by molar-refractivity contribution is 8.00. The highest BCUT2D eigenvalue weighted by atomic mass is 32.2. The standard InChI is InChI=1S/C20H25N5OS/c1-15(18(26)24(3)20(14-21)12-8-5-9-13-20)27-19-23-22-16(2)25(19)17-10-6-4-7-11-17/h4,6-7,10-11,15H,5,8-9,12-13H2,1-3H3/t15-/m0/s1. The van der Waals surface area contributed by atoms with E-state index in [-0.39, 0.29) is 11.2 Å². The summed E-state index contributed by atoms with van der Waals surface area (Å²) in [5.74, 6) is 0.737. The topological polar surface area (TPSA) is 74.8 Å². The number of nitriles is 1. The second kappa shape index (κ2) is 8.13. The van der Waals surface area contributed by atoms with Crippen molar-refractivity contribution in [3.05, 3.63) is 36.2 Å². The zero-order valence-corrected chi connectivity index (χ0v) is 16.9. The van der Waals surface area contributed by atoms with Gasteiger partial charge in [0.25, 0.3) is 0 Å². The molecule has 0 N–H and O–H groups in total. The maximum Gasteiger partial charge on any atom is 0.236 e. The van der Waals surface area contributed by atoms with Crippen LogP contribution in [0.15, 0.2) is 35.5 Å². The molecule has 1 aliphatic carbocycles. The van der Waals surface area contributed by atoms with Crippen LogP contribution in [0.3, 0.4) is 0 Å². The van der Waals surface area contributed by atoms with E-state index in [1.807, 2.05) is 48.7 Å². The number of rotatable bonds is 5. The predicted octanol–water partition coefficient (Wildman–Crippen LogP) is 3.74. The summed E-state index contributed by atoms with van der Waals surface area (Å²) < 4.78 is 1.95. The van der Waals surface area contributed by atoms with E-state index in [0.29, 0.717) is 5.16 Å².